The van der Waals surface area contributed by atoms with E-state index in [1.165, 1.54) is 0 Å². The second-order valence-electron chi connectivity index (χ2n) is 4.20. The molecular weight excluding hydrogens is 202 g/mol. The lowest BCUT2D eigenvalue weighted by atomic mass is 10.1. The van der Waals surface area contributed by atoms with Crippen molar-refractivity contribution in [2.45, 2.75) is 12.5 Å². The summed E-state index contributed by atoms with van der Waals surface area (Å²) in [6.07, 6.45) is 1.08. The van der Waals surface area contributed by atoms with Crippen LogP contribution in [0.4, 0.5) is 11.4 Å². The van der Waals surface area contributed by atoms with Gasteiger partial charge >= 0.3 is 0 Å². The van der Waals surface area contributed by atoms with Crippen LogP contribution in [0.15, 0.2) is 18.2 Å². The minimum absolute atomic E-state index is 0.434. The molecule has 0 spiro atoms. The predicted molar refractivity (Wildman–Crippen MR) is 67.1 cm³/mol. The average molecular weight is 221 g/mol. The largest absolute Gasteiger partial charge is 0.489 e. The van der Waals surface area contributed by atoms with Gasteiger partial charge in [0.2, 0.25) is 0 Å². The molecule has 1 aliphatic rings. The van der Waals surface area contributed by atoms with Crippen molar-refractivity contribution in [2.75, 3.05) is 37.9 Å². The molecule has 88 valence electrons. The van der Waals surface area contributed by atoms with E-state index in [1.807, 2.05) is 25.2 Å². The van der Waals surface area contributed by atoms with Crippen LogP contribution >= 0.6 is 0 Å². The lowest BCUT2D eigenvalue weighted by molar-refractivity contribution is 0.260. The third kappa shape index (κ3) is 2.07. The Kier molecular flexibility index (Phi) is 3.19. The van der Waals surface area contributed by atoms with Crippen molar-refractivity contribution in [3.8, 4) is 5.75 Å². The summed E-state index contributed by atoms with van der Waals surface area (Å²) in [5.41, 5.74) is 7.61. The monoisotopic (exact) mass is 221 g/mol. The molecule has 0 aromatic heterocycles. The number of fused-ring (bicyclic) bond motifs is 1. The first kappa shape index (κ1) is 11.1. The molecule has 1 aromatic carbocycles. The molecule has 0 saturated carbocycles. The number of nitrogen functional groups attached to an aromatic ring is 1. The summed E-state index contributed by atoms with van der Waals surface area (Å²) in [4.78, 5) is 2.27. The number of rotatable bonds is 3. The van der Waals surface area contributed by atoms with Crippen LogP contribution in [0.3, 0.4) is 0 Å². The Bertz CT molecular complexity index is 367. The fourth-order valence-corrected chi connectivity index (χ4v) is 2.02. The first-order valence-corrected chi connectivity index (χ1v) is 5.62. The van der Waals surface area contributed by atoms with Crippen LogP contribution in [-0.2, 0) is 0 Å². The van der Waals surface area contributed by atoms with Crippen LogP contribution in [0, 0.1) is 0 Å². The minimum Gasteiger partial charge on any atom is -0.489 e. The number of hydrogen-bond donors (Lipinski definition) is 2. The van der Waals surface area contributed by atoms with Crippen LogP contribution < -0.4 is 20.7 Å². The van der Waals surface area contributed by atoms with Crippen molar-refractivity contribution >= 4 is 11.4 Å². The summed E-state index contributed by atoms with van der Waals surface area (Å²) < 4.78 is 5.73. The smallest absolute Gasteiger partial charge is 0.144 e. The highest BCUT2D eigenvalue weighted by Crippen LogP contribution is 2.34. The Morgan fingerprint density at radius 2 is 2.38 bits per heavy atom. The highest BCUT2D eigenvalue weighted by Gasteiger charge is 2.23. The van der Waals surface area contributed by atoms with E-state index >= 15 is 0 Å². The van der Waals surface area contributed by atoms with Crippen LogP contribution in [0.5, 0.6) is 5.75 Å². The summed E-state index contributed by atoms with van der Waals surface area (Å²) in [6.45, 7) is 1.73. The van der Waals surface area contributed by atoms with Crippen LogP contribution in [0.1, 0.15) is 6.42 Å². The van der Waals surface area contributed by atoms with E-state index in [-0.39, 0.29) is 0 Å². The van der Waals surface area contributed by atoms with E-state index in [9.17, 15) is 0 Å². The first-order chi connectivity index (χ1) is 7.72. The quantitative estimate of drug-likeness (QED) is 0.750. The summed E-state index contributed by atoms with van der Waals surface area (Å²) in [5.74, 6) is 0.892. The van der Waals surface area contributed by atoms with E-state index < -0.39 is 0 Å². The fourth-order valence-electron chi connectivity index (χ4n) is 2.02. The van der Waals surface area contributed by atoms with Crippen LogP contribution in [0.2, 0.25) is 0 Å². The van der Waals surface area contributed by atoms with Gasteiger partial charge in [-0.25, -0.2) is 0 Å². The van der Waals surface area contributed by atoms with Gasteiger partial charge in [-0.2, -0.15) is 0 Å². The van der Waals surface area contributed by atoms with E-state index in [0.717, 1.165) is 36.7 Å². The van der Waals surface area contributed by atoms with E-state index in [0.29, 0.717) is 6.04 Å². The Hall–Kier alpha value is -1.42. The van der Waals surface area contributed by atoms with Crippen molar-refractivity contribution in [3.05, 3.63) is 18.2 Å². The molecule has 0 saturated heterocycles. The third-order valence-electron chi connectivity index (χ3n) is 3.07. The Morgan fingerprint density at radius 3 is 3.12 bits per heavy atom. The molecule has 4 nitrogen and oxygen atoms in total. The van der Waals surface area contributed by atoms with Gasteiger partial charge in [-0.3, -0.25) is 0 Å². The average Bonchev–Trinajstić information content (AvgIpc) is 2.28. The van der Waals surface area contributed by atoms with E-state index in [2.05, 4.69) is 17.3 Å². The topological polar surface area (TPSA) is 50.5 Å². The maximum absolute atomic E-state index is 5.73. The first-order valence-electron chi connectivity index (χ1n) is 5.62. The molecule has 4 heteroatoms. The number of nitrogens with zero attached hydrogens (tertiary/aromatic N) is 1. The van der Waals surface area contributed by atoms with Gasteiger partial charge < -0.3 is 20.7 Å². The molecule has 0 radical (unpaired) electrons. The standard InChI is InChI=1S/C12H19N3O/c1-14-6-5-10-8-16-12-7-9(13)3-4-11(12)15(10)2/h3-4,7,10,14H,5-6,8,13H2,1-2H3. The van der Waals surface area contributed by atoms with Gasteiger partial charge in [-0.05, 0) is 32.1 Å². The highest BCUT2D eigenvalue weighted by atomic mass is 16.5. The fraction of sp³-hybridized carbons (Fsp3) is 0.500. The summed E-state index contributed by atoms with van der Waals surface area (Å²) in [5, 5.41) is 3.17. The third-order valence-corrected chi connectivity index (χ3v) is 3.07. The predicted octanol–water partition coefficient (Wildman–Crippen LogP) is 1.08. The zero-order valence-electron chi connectivity index (χ0n) is 9.86. The normalized spacial score (nSPS) is 19.1. The number of anilines is 2. The SMILES string of the molecule is CNCCC1COc2cc(N)ccc2N1C. The molecule has 2 rings (SSSR count). The minimum atomic E-state index is 0.434. The van der Waals surface area contributed by atoms with Crippen molar-refractivity contribution in [1.82, 2.24) is 5.32 Å². The molecule has 16 heavy (non-hydrogen) atoms. The number of likely N-dealkylation sites (N-methyl/N-ethyl adjacent to an activating group) is 1. The van der Waals surface area contributed by atoms with Crippen LogP contribution in [0.25, 0.3) is 0 Å². The Labute approximate surface area is 96.4 Å². The van der Waals surface area contributed by atoms with Gasteiger partial charge in [0.25, 0.3) is 0 Å². The molecule has 1 aliphatic heterocycles. The lowest BCUT2D eigenvalue weighted by Gasteiger charge is -2.36. The van der Waals surface area contributed by atoms with E-state index in [1.54, 1.807) is 0 Å². The number of ether oxygens (including phenoxy) is 1. The van der Waals surface area contributed by atoms with Crippen molar-refractivity contribution < 1.29 is 4.74 Å². The van der Waals surface area contributed by atoms with Gasteiger partial charge in [0.15, 0.2) is 0 Å². The summed E-state index contributed by atoms with van der Waals surface area (Å²) in [7, 11) is 4.08. The molecule has 0 amide bonds. The Morgan fingerprint density at radius 1 is 1.56 bits per heavy atom. The Balaban J connectivity index is 2.15. The van der Waals surface area contributed by atoms with E-state index in [4.69, 9.17) is 10.5 Å². The summed E-state index contributed by atoms with van der Waals surface area (Å²) >= 11 is 0. The zero-order chi connectivity index (χ0) is 11.5. The molecule has 1 aromatic rings. The molecule has 0 fully saturated rings. The van der Waals surface area contributed by atoms with Gasteiger partial charge in [0.1, 0.15) is 12.4 Å². The van der Waals surface area contributed by atoms with Gasteiger partial charge in [0, 0.05) is 18.8 Å². The molecule has 0 bridgehead atoms. The van der Waals surface area contributed by atoms with Crippen molar-refractivity contribution in [1.29, 1.82) is 0 Å². The second-order valence-corrected chi connectivity index (χ2v) is 4.20. The molecular formula is C12H19N3O. The molecule has 0 aliphatic carbocycles. The number of nitrogens with two attached hydrogens (primary N) is 1. The second kappa shape index (κ2) is 4.61. The van der Waals surface area contributed by atoms with Gasteiger partial charge in [-0.15, -0.1) is 0 Å². The van der Waals surface area contributed by atoms with Crippen molar-refractivity contribution in [2.24, 2.45) is 0 Å². The number of nitrogens with one attached hydrogen (secondary N) is 1. The van der Waals surface area contributed by atoms with Gasteiger partial charge in [0.05, 0.1) is 11.7 Å². The summed E-state index contributed by atoms with van der Waals surface area (Å²) in [6, 6.07) is 6.26. The van der Waals surface area contributed by atoms with Crippen molar-refractivity contribution in [3.63, 3.8) is 0 Å². The lowest BCUT2D eigenvalue weighted by Crippen LogP contribution is -2.41. The maximum atomic E-state index is 5.73. The molecule has 1 atom stereocenters. The number of hydrogen-bond acceptors (Lipinski definition) is 4. The zero-order valence-corrected chi connectivity index (χ0v) is 9.86. The molecule has 1 heterocycles. The molecule has 1 unspecified atom stereocenters. The number of benzene rings is 1. The molecule has 3 N–H and O–H groups in total. The highest BCUT2D eigenvalue weighted by molar-refractivity contribution is 5.65. The maximum Gasteiger partial charge on any atom is 0.144 e. The van der Waals surface area contributed by atoms with Crippen LogP contribution in [-0.4, -0.2) is 33.3 Å². The van der Waals surface area contributed by atoms with Gasteiger partial charge in [-0.1, -0.05) is 0 Å².